The van der Waals surface area contributed by atoms with Gasteiger partial charge >= 0.3 is 5.97 Å². The van der Waals surface area contributed by atoms with Crippen molar-refractivity contribution < 1.29 is 19.4 Å². The van der Waals surface area contributed by atoms with E-state index >= 15 is 0 Å². The Labute approximate surface area is 137 Å². The maximum Gasteiger partial charge on any atom is 0.341 e. The zero-order valence-electron chi connectivity index (χ0n) is 13.6. The number of hydrogen-bond donors (Lipinski definition) is 2. The van der Waals surface area contributed by atoms with Crippen LogP contribution in [0, 0.1) is 5.92 Å². The lowest BCUT2D eigenvalue weighted by molar-refractivity contribution is -0.139. The molecule has 126 valence electrons. The lowest BCUT2D eigenvalue weighted by Gasteiger charge is -2.19. The number of aliphatic carboxylic acids is 1. The minimum atomic E-state index is -1.00. The molecule has 0 heterocycles. The first-order chi connectivity index (χ1) is 11.1. The van der Waals surface area contributed by atoms with Gasteiger partial charge in [-0.2, -0.15) is 0 Å². The second kappa shape index (κ2) is 8.56. The predicted molar refractivity (Wildman–Crippen MR) is 87.3 cm³/mol. The Morgan fingerprint density at radius 2 is 1.78 bits per heavy atom. The Kier molecular flexibility index (Phi) is 6.44. The molecule has 2 rings (SSSR count). The van der Waals surface area contributed by atoms with Crippen LogP contribution in [0.4, 0.5) is 0 Å². The highest BCUT2D eigenvalue weighted by molar-refractivity contribution is 5.79. The molecule has 1 aromatic carbocycles. The van der Waals surface area contributed by atoms with Gasteiger partial charge in [-0.05, 0) is 37.5 Å². The summed E-state index contributed by atoms with van der Waals surface area (Å²) < 4.78 is 5.11. The molecule has 0 bridgehead atoms. The predicted octanol–water partition coefficient (Wildman–Crippen LogP) is 3.30. The van der Waals surface area contributed by atoms with Crippen LogP contribution < -0.4 is 10.1 Å². The van der Waals surface area contributed by atoms with Gasteiger partial charge in [0.05, 0.1) is 6.04 Å². The van der Waals surface area contributed by atoms with E-state index in [1.54, 1.807) is 12.1 Å². The zero-order chi connectivity index (χ0) is 16.7. The van der Waals surface area contributed by atoms with E-state index in [0.717, 1.165) is 31.2 Å². The van der Waals surface area contributed by atoms with Gasteiger partial charge in [0, 0.05) is 5.92 Å². The van der Waals surface area contributed by atoms with Crippen LogP contribution in [0.5, 0.6) is 5.75 Å². The molecule has 23 heavy (non-hydrogen) atoms. The Morgan fingerprint density at radius 1 is 1.17 bits per heavy atom. The van der Waals surface area contributed by atoms with Crippen molar-refractivity contribution in [3.63, 3.8) is 0 Å². The van der Waals surface area contributed by atoms with Crippen LogP contribution in [-0.2, 0) is 9.59 Å². The first kappa shape index (κ1) is 17.3. The van der Waals surface area contributed by atoms with Gasteiger partial charge in [-0.3, -0.25) is 4.79 Å². The average Bonchev–Trinajstić information content (AvgIpc) is 2.82. The molecule has 5 nitrogen and oxygen atoms in total. The molecule has 1 saturated carbocycles. The quantitative estimate of drug-likeness (QED) is 0.789. The van der Waals surface area contributed by atoms with E-state index in [1.807, 2.05) is 19.1 Å². The minimum absolute atomic E-state index is 0.0701. The van der Waals surface area contributed by atoms with Crippen LogP contribution >= 0.6 is 0 Å². The summed E-state index contributed by atoms with van der Waals surface area (Å²) in [6.45, 7) is 1.61. The topological polar surface area (TPSA) is 75.6 Å². The first-order valence-electron chi connectivity index (χ1n) is 8.31. The molecule has 1 aliphatic rings. The third kappa shape index (κ3) is 5.58. The molecule has 1 aromatic rings. The second-order valence-electron chi connectivity index (χ2n) is 6.17. The van der Waals surface area contributed by atoms with Gasteiger partial charge in [0.25, 0.3) is 0 Å². The second-order valence-corrected chi connectivity index (χ2v) is 6.17. The number of carboxylic acids is 1. The fourth-order valence-corrected chi connectivity index (χ4v) is 2.95. The van der Waals surface area contributed by atoms with E-state index in [4.69, 9.17) is 9.84 Å². The summed E-state index contributed by atoms with van der Waals surface area (Å²) in [5.41, 5.74) is 0.981. The van der Waals surface area contributed by atoms with Crippen molar-refractivity contribution in [3.8, 4) is 5.75 Å². The third-order valence-corrected chi connectivity index (χ3v) is 4.33. The van der Waals surface area contributed by atoms with E-state index in [9.17, 15) is 9.59 Å². The normalized spacial score (nSPS) is 17.1. The maximum absolute atomic E-state index is 12.4. The Hall–Kier alpha value is -2.04. The number of nitrogens with one attached hydrogen (secondary N) is 1. The van der Waals surface area contributed by atoms with Crippen LogP contribution in [0.1, 0.15) is 57.1 Å². The number of rotatable bonds is 6. The fraction of sp³-hybridized carbons (Fsp3) is 0.556. The highest BCUT2D eigenvalue weighted by Crippen LogP contribution is 2.24. The molecule has 0 saturated heterocycles. The minimum Gasteiger partial charge on any atom is -0.482 e. The largest absolute Gasteiger partial charge is 0.482 e. The lowest BCUT2D eigenvalue weighted by atomic mass is 9.98. The summed E-state index contributed by atoms with van der Waals surface area (Å²) in [6.07, 6.45) is 6.72. The van der Waals surface area contributed by atoms with Gasteiger partial charge in [-0.25, -0.2) is 4.79 Å². The van der Waals surface area contributed by atoms with Crippen molar-refractivity contribution in [1.29, 1.82) is 0 Å². The van der Waals surface area contributed by atoms with Gasteiger partial charge in [-0.1, -0.05) is 37.8 Å². The van der Waals surface area contributed by atoms with Crippen molar-refractivity contribution in [2.45, 2.75) is 51.5 Å². The number of carbonyl (C=O) groups excluding carboxylic acids is 1. The molecule has 1 amide bonds. The van der Waals surface area contributed by atoms with E-state index in [1.165, 1.54) is 12.8 Å². The van der Waals surface area contributed by atoms with Crippen LogP contribution in [0.2, 0.25) is 0 Å². The molecular formula is C18H25NO4. The highest BCUT2D eigenvalue weighted by atomic mass is 16.5. The summed E-state index contributed by atoms with van der Waals surface area (Å²) >= 11 is 0. The molecule has 1 aliphatic carbocycles. The molecular weight excluding hydrogens is 294 g/mol. The SMILES string of the molecule is CC(NC(=O)C1CCCCCC1)c1ccc(OCC(=O)O)cc1. The number of benzene rings is 1. The van der Waals surface area contributed by atoms with Crippen LogP contribution in [-0.4, -0.2) is 23.6 Å². The van der Waals surface area contributed by atoms with Crippen LogP contribution in [0.15, 0.2) is 24.3 Å². The van der Waals surface area contributed by atoms with Gasteiger partial charge in [0.2, 0.25) is 5.91 Å². The summed E-state index contributed by atoms with van der Waals surface area (Å²) in [5, 5.41) is 11.7. The molecule has 5 heteroatoms. The van der Waals surface area contributed by atoms with Crippen LogP contribution in [0.25, 0.3) is 0 Å². The van der Waals surface area contributed by atoms with Crippen molar-refractivity contribution in [3.05, 3.63) is 29.8 Å². The molecule has 0 radical (unpaired) electrons. The van der Waals surface area contributed by atoms with E-state index in [2.05, 4.69) is 5.32 Å². The Balaban J connectivity index is 1.87. The number of ether oxygens (including phenoxy) is 1. The van der Waals surface area contributed by atoms with Gasteiger partial charge in [-0.15, -0.1) is 0 Å². The molecule has 1 atom stereocenters. The van der Waals surface area contributed by atoms with E-state index in [-0.39, 0.29) is 24.5 Å². The smallest absolute Gasteiger partial charge is 0.341 e. The number of carboxylic acid groups (broad SMARTS) is 1. The molecule has 0 aliphatic heterocycles. The summed E-state index contributed by atoms with van der Waals surface area (Å²) in [7, 11) is 0. The van der Waals surface area contributed by atoms with Crippen molar-refractivity contribution in [2.75, 3.05) is 6.61 Å². The van der Waals surface area contributed by atoms with E-state index < -0.39 is 5.97 Å². The summed E-state index contributed by atoms with van der Waals surface area (Å²) in [4.78, 5) is 22.8. The molecule has 1 fully saturated rings. The van der Waals surface area contributed by atoms with Crippen molar-refractivity contribution in [2.24, 2.45) is 5.92 Å². The van der Waals surface area contributed by atoms with Gasteiger partial charge in [0.1, 0.15) is 5.75 Å². The van der Waals surface area contributed by atoms with Crippen molar-refractivity contribution >= 4 is 11.9 Å². The molecule has 1 unspecified atom stereocenters. The Bertz CT molecular complexity index is 518. The monoisotopic (exact) mass is 319 g/mol. The number of hydrogen-bond acceptors (Lipinski definition) is 3. The van der Waals surface area contributed by atoms with Crippen molar-refractivity contribution in [1.82, 2.24) is 5.32 Å². The summed E-state index contributed by atoms with van der Waals surface area (Å²) in [6, 6.07) is 7.10. The summed E-state index contributed by atoms with van der Waals surface area (Å²) in [5.74, 6) is -0.208. The highest BCUT2D eigenvalue weighted by Gasteiger charge is 2.21. The number of amides is 1. The fourth-order valence-electron chi connectivity index (χ4n) is 2.95. The van der Waals surface area contributed by atoms with E-state index in [0.29, 0.717) is 5.75 Å². The van der Waals surface area contributed by atoms with Gasteiger partial charge in [0.15, 0.2) is 6.61 Å². The third-order valence-electron chi connectivity index (χ3n) is 4.33. The number of carbonyl (C=O) groups is 2. The van der Waals surface area contributed by atoms with Gasteiger partial charge < -0.3 is 15.2 Å². The first-order valence-corrected chi connectivity index (χ1v) is 8.31. The van der Waals surface area contributed by atoms with Crippen LogP contribution in [0.3, 0.4) is 0 Å². The maximum atomic E-state index is 12.4. The molecule has 0 spiro atoms. The standard InChI is InChI=1S/C18H25NO4/c1-13(19-18(22)15-6-4-2-3-5-7-15)14-8-10-16(11-9-14)23-12-17(20)21/h8-11,13,15H,2-7,12H2,1H3,(H,19,22)(H,20,21). The molecule has 2 N–H and O–H groups in total. The zero-order valence-corrected chi connectivity index (χ0v) is 13.6. The Morgan fingerprint density at radius 3 is 2.35 bits per heavy atom. The average molecular weight is 319 g/mol. The molecule has 0 aromatic heterocycles. The lowest BCUT2D eigenvalue weighted by Crippen LogP contribution is -2.32.